The van der Waals surface area contributed by atoms with E-state index in [0.29, 0.717) is 10.9 Å². The van der Waals surface area contributed by atoms with Crippen LogP contribution < -0.4 is 0 Å². The topological polar surface area (TPSA) is 23.8 Å². The standard InChI is InChI=1S/C13H13ClFN/c1-2-9-6-13(7-9,8-16)11-4-3-10(15)5-12(11)14/h3-5,9H,2,6-7H2,1H3. The van der Waals surface area contributed by atoms with Gasteiger partial charge in [0.25, 0.3) is 0 Å². The summed E-state index contributed by atoms with van der Waals surface area (Å²) in [5, 5.41) is 9.67. The number of hydrogen-bond donors (Lipinski definition) is 0. The summed E-state index contributed by atoms with van der Waals surface area (Å²) in [4.78, 5) is 0. The molecule has 0 N–H and O–H groups in total. The molecule has 1 aliphatic rings. The molecular formula is C13H13ClFN. The Morgan fingerprint density at radius 3 is 2.75 bits per heavy atom. The summed E-state index contributed by atoms with van der Waals surface area (Å²) in [6, 6.07) is 6.66. The van der Waals surface area contributed by atoms with Gasteiger partial charge in [0.2, 0.25) is 0 Å². The predicted molar refractivity (Wildman–Crippen MR) is 61.7 cm³/mol. The zero-order valence-electron chi connectivity index (χ0n) is 9.13. The van der Waals surface area contributed by atoms with Crippen LogP contribution >= 0.6 is 11.6 Å². The number of nitrogens with zero attached hydrogens (tertiary/aromatic N) is 1. The summed E-state index contributed by atoms with van der Waals surface area (Å²) in [5.74, 6) is 0.244. The Balaban J connectivity index is 2.33. The summed E-state index contributed by atoms with van der Waals surface area (Å²) >= 11 is 6.01. The predicted octanol–water partition coefficient (Wildman–Crippen LogP) is 4.06. The van der Waals surface area contributed by atoms with Crippen molar-refractivity contribution in [3.05, 3.63) is 34.6 Å². The van der Waals surface area contributed by atoms with E-state index in [4.69, 9.17) is 11.6 Å². The molecule has 84 valence electrons. The Labute approximate surface area is 99.8 Å². The lowest BCUT2D eigenvalue weighted by Crippen LogP contribution is -2.40. The maximum atomic E-state index is 12.9. The number of nitriles is 1. The summed E-state index contributed by atoms with van der Waals surface area (Å²) in [6.45, 7) is 2.12. The van der Waals surface area contributed by atoms with E-state index in [9.17, 15) is 9.65 Å². The molecule has 0 aliphatic heterocycles. The molecule has 3 heteroatoms. The number of halogens is 2. The first kappa shape index (κ1) is 11.4. The van der Waals surface area contributed by atoms with Gasteiger partial charge < -0.3 is 0 Å². The molecule has 0 radical (unpaired) electrons. The van der Waals surface area contributed by atoms with E-state index in [1.807, 2.05) is 0 Å². The summed E-state index contributed by atoms with van der Waals surface area (Å²) in [7, 11) is 0. The second-order valence-electron chi connectivity index (χ2n) is 4.50. The van der Waals surface area contributed by atoms with Gasteiger partial charge in [-0.15, -0.1) is 0 Å². The van der Waals surface area contributed by atoms with Gasteiger partial charge in [0.05, 0.1) is 11.5 Å². The summed E-state index contributed by atoms with van der Waals surface area (Å²) < 4.78 is 12.9. The number of rotatable bonds is 2. The number of hydrogen-bond acceptors (Lipinski definition) is 1. The molecule has 1 aliphatic carbocycles. The monoisotopic (exact) mass is 237 g/mol. The second-order valence-corrected chi connectivity index (χ2v) is 4.91. The smallest absolute Gasteiger partial charge is 0.124 e. The third-order valence-electron chi connectivity index (χ3n) is 3.51. The Bertz CT molecular complexity index is 444. The normalized spacial score (nSPS) is 28.2. The van der Waals surface area contributed by atoms with Crippen molar-refractivity contribution in [2.75, 3.05) is 0 Å². The van der Waals surface area contributed by atoms with Crippen molar-refractivity contribution in [3.63, 3.8) is 0 Å². The second kappa shape index (κ2) is 4.07. The van der Waals surface area contributed by atoms with Gasteiger partial charge in [-0.3, -0.25) is 0 Å². The van der Waals surface area contributed by atoms with Crippen LogP contribution in [-0.4, -0.2) is 0 Å². The average molecular weight is 238 g/mol. The SMILES string of the molecule is CCC1CC(C#N)(c2ccc(F)cc2Cl)C1. The van der Waals surface area contributed by atoms with Crippen molar-refractivity contribution in [2.24, 2.45) is 5.92 Å². The van der Waals surface area contributed by atoms with Crippen molar-refractivity contribution in [2.45, 2.75) is 31.6 Å². The van der Waals surface area contributed by atoms with E-state index >= 15 is 0 Å². The molecular weight excluding hydrogens is 225 g/mol. The zero-order valence-corrected chi connectivity index (χ0v) is 9.89. The molecule has 0 bridgehead atoms. The van der Waals surface area contributed by atoms with Crippen molar-refractivity contribution < 1.29 is 4.39 Å². The third-order valence-corrected chi connectivity index (χ3v) is 3.83. The van der Waals surface area contributed by atoms with Crippen LogP contribution in [0.2, 0.25) is 5.02 Å². The van der Waals surface area contributed by atoms with Crippen LogP contribution in [-0.2, 0) is 5.41 Å². The van der Waals surface area contributed by atoms with Gasteiger partial charge in [-0.2, -0.15) is 5.26 Å². The Kier molecular flexibility index (Phi) is 2.90. The maximum absolute atomic E-state index is 12.9. The molecule has 0 aromatic heterocycles. The van der Waals surface area contributed by atoms with Gasteiger partial charge in [0.15, 0.2) is 0 Å². The van der Waals surface area contributed by atoms with Crippen LogP contribution in [0, 0.1) is 23.1 Å². The van der Waals surface area contributed by atoms with Crippen molar-refractivity contribution >= 4 is 11.6 Å². The highest BCUT2D eigenvalue weighted by atomic mass is 35.5. The van der Waals surface area contributed by atoms with Gasteiger partial charge in [-0.1, -0.05) is 31.0 Å². The maximum Gasteiger partial charge on any atom is 0.124 e. The van der Waals surface area contributed by atoms with Gasteiger partial charge in [0.1, 0.15) is 5.82 Å². The Morgan fingerprint density at radius 1 is 1.56 bits per heavy atom. The lowest BCUT2D eigenvalue weighted by atomic mass is 9.59. The van der Waals surface area contributed by atoms with Crippen LogP contribution in [0.15, 0.2) is 18.2 Å². The highest BCUT2D eigenvalue weighted by Crippen LogP contribution is 2.50. The molecule has 0 saturated heterocycles. The van der Waals surface area contributed by atoms with Crippen LogP contribution in [0.1, 0.15) is 31.7 Å². The highest BCUT2D eigenvalue weighted by Gasteiger charge is 2.46. The van der Waals surface area contributed by atoms with Crippen molar-refractivity contribution in [3.8, 4) is 6.07 Å². The molecule has 1 fully saturated rings. The summed E-state index contributed by atoms with van der Waals surface area (Å²) in [6.07, 6.45) is 2.76. The lowest BCUT2D eigenvalue weighted by molar-refractivity contribution is 0.192. The lowest BCUT2D eigenvalue weighted by Gasteiger charge is -2.43. The van der Waals surface area contributed by atoms with Crippen LogP contribution in [0.3, 0.4) is 0 Å². The third kappa shape index (κ3) is 1.70. The first-order chi connectivity index (χ1) is 7.61. The van der Waals surface area contributed by atoms with Gasteiger partial charge >= 0.3 is 0 Å². The van der Waals surface area contributed by atoms with E-state index in [1.165, 1.54) is 12.1 Å². The first-order valence-corrected chi connectivity index (χ1v) is 5.86. The van der Waals surface area contributed by atoms with Gasteiger partial charge in [-0.25, -0.2) is 4.39 Å². The van der Waals surface area contributed by atoms with Crippen molar-refractivity contribution in [1.82, 2.24) is 0 Å². The minimum absolute atomic E-state index is 0.354. The Morgan fingerprint density at radius 2 is 2.25 bits per heavy atom. The number of benzene rings is 1. The van der Waals surface area contributed by atoms with E-state index in [-0.39, 0.29) is 5.82 Å². The molecule has 1 nitrogen and oxygen atoms in total. The quantitative estimate of drug-likeness (QED) is 0.761. The fourth-order valence-corrected chi connectivity index (χ4v) is 2.81. The largest absolute Gasteiger partial charge is 0.207 e. The molecule has 0 heterocycles. The van der Waals surface area contributed by atoms with Crippen molar-refractivity contribution in [1.29, 1.82) is 5.26 Å². The van der Waals surface area contributed by atoms with Crippen LogP contribution in [0.25, 0.3) is 0 Å². The molecule has 0 atom stereocenters. The molecule has 0 spiro atoms. The van der Waals surface area contributed by atoms with Crippen LogP contribution in [0.4, 0.5) is 4.39 Å². The van der Waals surface area contributed by atoms with Gasteiger partial charge in [-0.05, 0) is 36.5 Å². The highest BCUT2D eigenvalue weighted by molar-refractivity contribution is 6.31. The van der Waals surface area contributed by atoms with E-state index in [1.54, 1.807) is 6.07 Å². The Hall–Kier alpha value is -1.07. The fourth-order valence-electron chi connectivity index (χ4n) is 2.46. The average Bonchev–Trinajstić information content (AvgIpc) is 2.20. The molecule has 1 aromatic carbocycles. The molecule has 0 unspecified atom stereocenters. The molecule has 1 aromatic rings. The minimum atomic E-state index is -0.481. The molecule has 2 rings (SSSR count). The molecule has 16 heavy (non-hydrogen) atoms. The minimum Gasteiger partial charge on any atom is -0.207 e. The summed E-state index contributed by atoms with van der Waals surface area (Å²) in [5.41, 5.74) is 0.300. The molecule has 1 saturated carbocycles. The van der Waals surface area contributed by atoms with Crippen LogP contribution in [0.5, 0.6) is 0 Å². The van der Waals surface area contributed by atoms with E-state index < -0.39 is 5.41 Å². The zero-order chi connectivity index (χ0) is 11.8. The van der Waals surface area contributed by atoms with E-state index in [2.05, 4.69) is 13.0 Å². The van der Waals surface area contributed by atoms with E-state index in [0.717, 1.165) is 24.8 Å². The first-order valence-electron chi connectivity index (χ1n) is 5.48. The fraction of sp³-hybridized carbons (Fsp3) is 0.462. The van der Waals surface area contributed by atoms with Gasteiger partial charge in [0, 0.05) is 5.02 Å². The molecule has 0 amide bonds.